The maximum absolute atomic E-state index is 12.7. The summed E-state index contributed by atoms with van der Waals surface area (Å²) < 4.78 is 0. The molecular weight excluding hydrogens is 400 g/mol. The Morgan fingerprint density at radius 2 is 2.07 bits per heavy atom. The van der Waals surface area contributed by atoms with Gasteiger partial charge in [-0.15, -0.1) is 0 Å². The average Bonchev–Trinajstić information content (AvgIpc) is 3.22. The van der Waals surface area contributed by atoms with Gasteiger partial charge in [0.05, 0.1) is 17.8 Å². The number of benzene rings is 2. The number of amides is 1. The fourth-order valence-electron chi connectivity index (χ4n) is 3.06. The average molecular weight is 425 g/mol. The number of nitrogens with zero attached hydrogens (tertiary/aromatic N) is 2. The summed E-state index contributed by atoms with van der Waals surface area (Å²) in [6.45, 7) is 4.08. The molecule has 1 saturated heterocycles. The van der Waals surface area contributed by atoms with Crippen LogP contribution in [0.2, 0.25) is 5.02 Å². The van der Waals surface area contributed by atoms with E-state index in [1.54, 1.807) is 24.3 Å². The van der Waals surface area contributed by atoms with Crippen molar-refractivity contribution in [1.29, 1.82) is 5.26 Å². The Morgan fingerprint density at radius 1 is 1.30 bits per heavy atom. The van der Waals surface area contributed by atoms with E-state index in [4.69, 9.17) is 16.9 Å². The maximum atomic E-state index is 12.7. The number of hydrogen-bond donors (Lipinski definition) is 4. The van der Waals surface area contributed by atoms with E-state index >= 15 is 0 Å². The molecule has 1 fully saturated rings. The minimum absolute atomic E-state index is 0.104. The van der Waals surface area contributed by atoms with Gasteiger partial charge in [-0.25, -0.2) is 10.9 Å². The van der Waals surface area contributed by atoms with Gasteiger partial charge >= 0.3 is 0 Å². The topological polar surface area (TPSA) is 101 Å². The summed E-state index contributed by atoms with van der Waals surface area (Å²) in [6.07, 6.45) is 1.50. The van der Waals surface area contributed by atoms with Crippen LogP contribution >= 0.6 is 11.6 Å². The summed E-state index contributed by atoms with van der Waals surface area (Å²) in [5, 5.41) is 16.3. The fraction of sp³-hybridized carbons (Fsp3) is 0.318. The number of guanidine groups is 1. The van der Waals surface area contributed by atoms with Crippen LogP contribution in [-0.2, 0) is 0 Å². The van der Waals surface area contributed by atoms with Gasteiger partial charge in [0, 0.05) is 29.1 Å². The number of hydrazine groups is 1. The first-order valence-corrected chi connectivity index (χ1v) is 10.3. The Labute approximate surface area is 181 Å². The molecule has 0 radical (unpaired) electrons. The summed E-state index contributed by atoms with van der Waals surface area (Å²) in [6, 6.07) is 16.5. The molecule has 1 aliphatic heterocycles. The normalized spacial score (nSPS) is 19.7. The van der Waals surface area contributed by atoms with Crippen LogP contribution in [0.1, 0.15) is 54.2 Å². The Kier molecular flexibility index (Phi) is 7.41. The van der Waals surface area contributed by atoms with Crippen LogP contribution in [-0.4, -0.2) is 24.1 Å². The number of hydrogen-bond acceptors (Lipinski definition) is 4. The van der Waals surface area contributed by atoms with Crippen LogP contribution < -0.4 is 21.5 Å². The lowest BCUT2D eigenvalue weighted by molar-refractivity contribution is 0.100. The predicted octanol–water partition coefficient (Wildman–Crippen LogP) is 3.25. The molecule has 4 N–H and O–H groups in total. The van der Waals surface area contributed by atoms with E-state index in [1.807, 2.05) is 37.3 Å². The van der Waals surface area contributed by atoms with Crippen molar-refractivity contribution >= 4 is 23.5 Å². The van der Waals surface area contributed by atoms with Gasteiger partial charge < -0.3 is 10.6 Å². The highest BCUT2D eigenvalue weighted by Crippen LogP contribution is 2.22. The molecule has 2 aromatic carbocycles. The molecule has 3 unspecified atom stereocenters. The van der Waals surface area contributed by atoms with Crippen LogP contribution in [0.3, 0.4) is 0 Å². The van der Waals surface area contributed by atoms with Crippen molar-refractivity contribution in [2.24, 2.45) is 4.99 Å². The van der Waals surface area contributed by atoms with Gasteiger partial charge in [-0.05, 0) is 49.2 Å². The zero-order chi connectivity index (χ0) is 21.5. The van der Waals surface area contributed by atoms with Gasteiger partial charge in [0.25, 0.3) is 5.91 Å². The number of nitrogens with one attached hydrogen (secondary N) is 4. The van der Waals surface area contributed by atoms with E-state index in [0.717, 1.165) is 18.4 Å². The van der Waals surface area contributed by atoms with Crippen LogP contribution in [0.15, 0.2) is 53.5 Å². The lowest BCUT2D eigenvalue weighted by Crippen LogP contribution is -2.51. The van der Waals surface area contributed by atoms with E-state index in [1.165, 1.54) is 0 Å². The lowest BCUT2D eigenvalue weighted by atomic mass is 10.0. The molecule has 1 aliphatic rings. The molecule has 156 valence electrons. The molecule has 30 heavy (non-hydrogen) atoms. The first-order chi connectivity index (χ1) is 14.5. The molecule has 0 aliphatic carbocycles. The number of rotatable bonds is 5. The Morgan fingerprint density at radius 3 is 2.77 bits per heavy atom. The predicted molar refractivity (Wildman–Crippen MR) is 118 cm³/mol. The third-order valence-corrected chi connectivity index (χ3v) is 5.19. The van der Waals surface area contributed by atoms with E-state index in [2.05, 4.69) is 33.4 Å². The summed E-state index contributed by atoms with van der Waals surface area (Å²) in [5.41, 5.74) is 8.37. The molecule has 0 aromatic heterocycles. The van der Waals surface area contributed by atoms with E-state index in [9.17, 15) is 4.79 Å². The minimum Gasteiger partial charge on any atom is -0.354 e. The largest absolute Gasteiger partial charge is 0.354 e. The number of aliphatic imine (C=N–C) groups is 1. The standard InChI is InChI=1S/C22H25ClN6O/c1-3-14(2)25-22(27-21(30)17-6-4-5-15(11-17)13-24)26-20-12-19(28-29-20)16-7-9-18(23)10-8-16/h4-11,14,19-20,28-29H,3,12H2,1-2H3,(H2,25,26,27,30). The highest BCUT2D eigenvalue weighted by molar-refractivity contribution is 6.30. The number of nitriles is 1. The molecule has 0 spiro atoms. The van der Waals surface area contributed by atoms with Crippen LogP contribution in [0.25, 0.3) is 0 Å². The number of carbonyl (C=O) groups excluding carboxylic acids is 1. The monoisotopic (exact) mass is 424 g/mol. The van der Waals surface area contributed by atoms with Crippen LogP contribution in [0, 0.1) is 11.3 Å². The van der Waals surface area contributed by atoms with Crippen molar-refractivity contribution < 1.29 is 4.79 Å². The maximum Gasteiger partial charge on any atom is 0.280 e. The molecule has 8 heteroatoms. The quantitative estimate of drug-likeness (QED) is 0.434. The molecule has 2 aromatic rings. The molecular formula is C22H25ClN6O. The van der Waals surface area contributed by atoms with Crippen molar-refractivity contribution in [2.75, 3.05) is 0 Å². The fourth-order valence-corrected chi connectivity index (χ4v) is 3.18. The molecule has 3 rings (SSSR count). The van der Waals surface area contributed by atoms with Gasteiger partial charge in [0.2, 0.25) is 5.96 Å². The van der Waals surface area contributed by atoms with E-state index in [0.29, 0.717) is 22.1 Å². The van der Waals surface area contributed by atoms with Crippen LogP contribution in [0.4, 0.5) is 0 Å². The van der Waals surface area contributed by atoms with Crippen molar-refractivity contribution in [3.63, 3.8) is 0 Å². The molecule has 7 nitrogen and oxygen atoms in total. The van der Waals surface area contributed by atoms with Gasteiger partial charge in [0.1, 0.15) is 0 Å². The summed E-state index contributed by atoms with van der Waals surface area (Å²) in [4.78, 5) is 16.9. The molecule has 1 amide bonds. The van der Waals surface area contributed by atoms with Crippen molar-refractivity contribution in [2.45, 2.75) is 44.9 Å². The third-order valence-electron chi connectivity index (χ3n) is 4.93. The summed E-state index contributed by atoms with van der Waals surface area (Å²) >= 11 is 5.97. The van der Waals surface area contributed by atoms with Crippen molar-refractivity contribution in [3.05, 3.63) is 70.2 Å². The molecule has 0 bridgehead atoms. The summed E-state index contributed by atoms with van der Waals surface area (Å²) in [5.74, 6) is -0.0154. The zero-order valence-corrected chi connectivity index (χ0v) is 17.7. The van der Waals surface area contributed by atoms with E-state index in [-0.39, 0.29) is 18.2 Å². The Bertz CT molecular complexity index is 953. The highest BCUT2D eigenvalue weighted by atomic mass is 35.5. The van der Waals surface area contributed by atoms with Gasteiger partial charge in [-0.2, -0.15) is 10.3 Å². The second-order valence-corrected chi connectivity index (χ2v) is 7.67. The Hall–Kier alpha value is -2.92. The van der Waals surface area contributed by atoms with Crippen molar-refractivity contribution in [1.82, 2.24) is 21.5 Å². The van der Waals surface area contributed by atoms with Crippen molar-refractivity contribution in [3.8, 4) is 6.07 Å². The van der Waals surface area contributed by atoms with Gasteiger partial charge in [0.15, 0.2) is 0 Å². The lowest BCUT2D eigenvalue weighted by Gasteiger charge is -2.20. The molecule has 1 heterocycles. The Balaban J connectivity index is 1.72. The number of halogens is 1. The third kappa shape index (κ3) is 5.80. The highest BCUT2D eigenvalue weighted by Gasteiger charge is 2.26. The second-order valence-electron chi connectivity index (χ2n) is 7.24. The zero-order valence-electron chi connectivity index (χ0n) is 16.9. The second kappa shape index (κ2) is 10.2. The van der Waals surface area contributed by atoms with E-state index < -0.39 is 5.91 Å². The first kappa shape index (κ1) is 21.8. The van der Waals surface area contributed by atoms with Gasteiger partial charge in [-0.1, -0.05) is 36.7 Å². The van der Waals surface area contributed by atoms with Gasteiger partial charge in [-0.3, -0.25) is 4.79 Å². The molecule has 3 atom stereocenters. The SMILES string of the molecule is CCC(C)N/C(=N/C(=O)c1cccc(C#N)c1)NC1CC(c2ccc(Cl)cc2)NN1. The van der Waals surface area contributed by atoms with Crippen LogP contribution in [0.5, 0.6) is 0 Å². The number of carbonyl (C=O) groups is 1. The first-order valence-electron chi connectivity index (χ1n) is 9.91. The minimum atomic E-state index is -0.411. The smallest absolute Gasteiger partial charge is 0.280 e. The molecule has 0 saturated carbocycles. The summed E-state index contributed by atoms with van der Waals surface area (Å²) in [7, 11) is 0.